The van der Waals surface area contributed by atoms with Gasteiger partial charge in [-0.2, -0.15) is 5.26 Å². The molecule has 1 aromatic carbocycles. The number of rotatable bonds is 2. The summed E-state index contributed by atoms with van der Waals surface area (Å²) in [5.74, 6) is 0. The van der Waals surface area contributed by atoms with Crippen molar-refractivity contribution in [2.24, 2.45) is 0 Å². The molecule has 1 aromatic rings. The molecule has 5 heteroatoms. The molecule has 0 aliphatic carbocycles. The van der Waals surface area contributed by atoms with Crippen molar-refractivity contribution in [3.8, 4) is 6.07 Å². The molecule has 0 bridgehead atoms. The number of carbonyl (C=O) groups is 1. The lowest BCUT2D eigenvalue weighted by Crippen LogP contribution is -2.24. The first kappa shape index (κ1) is 11.8. The van der Waals surface area contributed by atoms with E-state index in [1.54, 1.807) is 12.1 Å². The zero-order chi connectivity index (χ0) is 11.4. The summed E-state index contributed by atoms with van der Waals surface area (Å²) in [7, 11) is 1.50. The first-order valence-electron chi connectivity index (χ1n) is 4.17. The van der Waals surface area contributed by atoms with Gasteiger partial charge in [0.25, 0.3) is 0 Å². The molecular formula is C10H9IN2O2. The predicted octanol–water partition coefficient (Wildman–Crippen LogP) is 2.27. The van der Waals surface area contributed by atoms with Crippen LogP contribution in [0.1, 0.15) is 11.1 Å². The smallest absolute Gasteiger partial charge is 0.407 e. The van der Waals surface area contributed by atoms with E-state index >= 15 is 0 Å². The predicted molar refractivity (Wildman–Crippen MR) is 63.4 cm³/mol. The summed E-state index contributed by atoms with van der Waals surface area (Å²) in [5, 5.41) is 17.4. The molecule has 0 saturated carbocycles. The van der Waals surface area contributed by atoms with Crippen molar-refractivity contribution in [2.45, 2.75) is 6.54 Å². The summed E-state index contributed by atoms with van der Waals surface area (Å²) in [6, 6.07) is 7.26. The third kappa shape index (κ3) is 3.09. The zero-order valence-corrected chi connectivity index (χ0v) is 10.2. The number of hydrogen-bond donors (Lipinski definition) is 1. The monoisotopic (exact) mass is 316 g/mol. The average Bonchev–Trinajstić information content (AvgIpc) is 2.21. The Balaban J connectivity index is 2.94. The van der Waals surface area contributed by atoms with E-state index in [1.165, 1.54) is 11.9 Å². The SMILES string of the molecule is CN(Cc1cc(C#N)ccc1I)C(=O)O. The highest BCUT2D eigenvalue weighted by Gasteiger charge is 2.09. The molecule has 0 saturated heterocycles. The molecule has 0 aliphatic heterocycles. The van der Waals surface area contributed by atoms with Gasteiger partial charge in [-0.3, -0.25) is 0 Å². The molecule has 0 heterocycles. The molecule has 0 aromatic heterocycles. The van der Waals surface area contributed by atoms with Crippen molar-refractivity contribution in [1.29, 1.82) is 5.26 Å². The highest BCUT2D eigenvalue weighted by molar-refractivity contribution is 14.1. The van der Waals surface area contributed by atoms with Crippen LogP contribution in [0, 0.1) is 14.9 Å². The Morgan fingerprint density at radius 2 is 2.33 bits per heavy atom. The van der Waals surface area contributed by atoms with Crippen molar-refractivity contribution in [2.75, 3.05) is 7.05 Å². The second-order valence-corrected chi connectivity index (χ2v) is 4.22. The van der Waals surface area contributed by atoms with Gasteiger partial charge in [0, 0.05) is 17.2 Å². The molecule has 1 N–H and O–H groups in total. The van der Waals surface area contributed by atoms with Gasteiger partial charge in [0.1, 0.15) is 0 Å². The Bertz CT molecular complexity index is 426. The Labute approximate surface area is 101 Å². The summed E-state index contributed by atoms with van der Waals surface area (Å²) in [6.45, 7) is 0.295. The van der Waals surface area contributed by atoms with Crippen molar-refractivity contribution < 1.29 is 9.90 Å². The van der Waals surface area contributed by atoms with Crippen molar-refractivity contribution in [3.05, 3.63) is 32.9 Å². The van der Waals surface area contributed by atoms with Crippen LogP contribution in [0.2, 0.25) is 0 Å². The minimum Gasteiger partial charge on any atom is -0.465 e. The Kier molecular flexibility index (Phi) is 3.91. The van der Waals surface area contributed by atoms with E-state index in [9.17, 15) is 4.79 Å². The van der Waals surface area contributed by atoms with Crippen LogP contribution in [0.5, 0.6) is 0 Å². The van der Waals surface area contributed by atoms with Crippen LogP contribution < -0.4 is 0 Å². The van der Waals surface area contributed by atoms with Crippen LogP contribution in [0.25, 0.3) is 0 Å². The molecule has 0 unspecified atom stereocenters. The maximum absolute atomic E-state index is 10.6. The molecule has 0 fully saturated rings. The number of benzene rings is 1. The van der Waals surface area contributed by atoms with Gasteiger partial charge in [0.15, 0.2) is 0 Å². The summed E-state index contributed by atoms with van der Waals surface area (Å²) in [5.41, 5.74) is 1.39. The minimum absolute atomic E-state index is 0.295. The lowest BCUT2D eigenvalue weighted by Gasteiger charge is -2.14. The molecular weight excluding hydrogens is 307 g/mol. The van der Waals surface area contributed by atoms with E-state index in [-0.39, 0.29) is 0 Å². The molecule has 0 spiro atoms. The quantitative estimate of drug-likeness (QED) is 0.851. The van der Waals surface area contributed by atoms with Crippen LogP contribution in [-0.2, 0) is 6.54 Å². The van der Waals surface area contributed by atoms with E-state index in [0.717, 1.165) is 9.13 Å². The number of halogens is 1. The Morgan fingerprint density at radius 3 is 2.87 bits per heavy atom. The van der Waals surface area contributed by atoms with Crippen molar-refractivity contribution >= 4 is 28.7 Å². The zero-order valence-electron chi connectivity index (χ0n) is 8.07. The standard InChI is InChI=1S/C10H9IN2O2/c1-13(10(14)15)6-8-4-7(5-12)2-3-9(8)11/h2-4H,6H2,1H3,(H,14,15). The molecule has 0 atom stereocenters. The van der Waals surface area contributed by atoms with Crippen LogP contribution in [-0.4, -0.2) is 23.1 Å². The number of nitriles is 1. The topological polar surface area (TPSA) is 64.3 Å². The Hall–Kier alpha value is -1.29. The third-order valence-electron chi connectivity index (χ3n) is 1.91. The summed E-state index contributed by atoms with van der Waals surface area (Å²) in [4.78, 5) is 11.8. The van der Waals surface area contributed by atoms with Crippen LogP contribution in [0.3, 0.4) is 0 Å². The van der Waals surface area contributed by atoms with Crippen molar-refractivity contribution in [1.82, 2.24) is 4.90 Å². The highest BCUT2D eigenvalue weighted by Crippen LogP contribution is 2.15. The van der Waals surface area contributed by atoms with Crippen LogP contribution in [0.4, 0.5) is 4.79 Å². The maximum Gasteiger partial charge on any atom is 0.407 e. The van der Waals surface area contributed by atoms with E-state index < -0.39 is 6.09 Å². The van der Waals surface area contributed by atoms with Crippen LogP contribution >= 0.6 is 22.6 Å². The van der Waals surface area contributed by atoms with E-state index in [4.69, 9.17) is 10.4 Å². The lowest BCUT2D eigenvalue weighted by atomic mass is 10.1. The number of amides is 1. The van der Waals surface area contributed by atoms with Gasteiger partial charge in [-0.05, 0) is 46.4 Å². The normalized spacial score (nSPS) is 9.40. The molecule has 1 amide bonds. The van der Waals surface area contributed by atoms with Gasteiger partial charge in [0.05, 0.1) is 11.6 Å². The molecule has 78 valence electrons. The average molecular weight is 316 g/mol. The first-order valence-corrected chi connectivity index (χ1v) is 5.25. The summed E-state index contributed by atoms with van der Waals surface area (Å²) < 4.78 is 0.958. The summed E-state index contributed by atoms with van der Waals surface area (Å²) in [6.07, 6.45) is -0.979. The van der Waals surface area contributed by atoms with Gasteiger partial charge in [-0.15, -0.1) is 0 Å². The van der Waals surface area contributed by atoms with Gasteiger partial charge in [-0.1, -0.05) is 0 Å². The number of hydrogen-bond acceptors (Lipinski definition) is 2. The largest absolute Gasteiger partial charge is 0.465 e. The van der Waals surface area contributed by atoms with E-state index in [0.29, 0.717) is 12.1 Å². The van der Waals surface area contributed by atoms with Gasteiger partial charge >= 0.3 is 6.09 Å². The lowest BCUT2D eigenvalue weighted by molar-refractivity contribution is 0.153. The minimum atomic E-state index is -0.979. The van der Waals surface area contributed by atoms with E-state index in [2.05, 4.69) is 22.6 Å². The fourth-order valence-corrected chi connectivity index (χ4v) is 1.59. The third-order valence-corrected chi connectivity index (χ3v) is 2.96. The molecule has 4 nitrogen and oxygen atoms in total. The first-order chi connectivity index (χ1) is 7.04. The van der Waals surface area contributed by atoms with Crippen LogP contribution in [0.15, 0.2) is 18.2 Å². The second-order valence-electron chi connectivity index (χ2n) is 3.06. The molecule has 0 aliphatic rings. The van der Waals surface area contributed by atoms with Gasteiger partial charge < -0.3 is 10.0 Å². The molecule has 15 heavy (non-hydrogen) atoms. The fourth-order valence-electron chi connectivity index (χ4n) is 1.09. The molecule has 0 radical (unpaired) electrons. The second kappa shape index (κ2) is 4.98. The molecule has 1 rings (SSSR count). The van der Waals surface area contributed by atoms with Gasteiger partial charge in [0.2, 0.25) is 0 Å². The van der Waals surface area contributed by atoms with E-state index in [1.807, 2.05) is 12.1 Å². The maximum atomic E-state index is 10.6. The van der Waals surface area contributed by atoms with Crippen molar-refractivity contribution in [3.63, 3.8) is 0 Å². The number of nitrogens with zero attached hydrogens (tertiary/aromatic N) is 2. The highest BCUT2D eigenvalue weighted by atomic mass is 127. The van der Waals surface area contributed by atoms with Gasteiger partial charge in [-0.25, -0.2) is 4.79 Å². The number of carboxylic acid groups (broad SMARTS) is 1. The Morgan fingerprint density at radius 1 is 1.67 bits per heavy atom. The summed E-state index contributed by atoms with van der Waals surface area (Å²) >= 11 is 2.12. The fraction of sp³-hybridized carbons (Fsp3) is 0.200.